The fourth-order valence-electron chi connectivity index (χ4n) is 1.70. The number of hydrogen-bond donors (Lipinski definition) is 4. The number of para-hydroxylation sites is 1. The number of H-pyrrole nitrogens is 1. The van der Waals surface area contributed by atoms with E-state index >= 15 is 0 Å². The summed E-state index contributed by atoms with van der Waals surface area (Å²) in [5.41, 5.74) is 0.468. The summed E-state index contributed by atoms with van der Waals surface area (Å²) in [7, 11) is -8.38. The molecular formula is C10H13N2O6PS. The van der Waals surface area contributed by atoms with Gasteiger partial charge in [0.2, 0.25) is 10.0 Å². The maximum Gasteiger partial charge on any atom is 0.469 e. The topological polar surface area (TPSA) is 129 Å². The van der Waals surface area contributed by atoms with E-state index in [1.807, 2.05) is 0 Å². The van der Waals surface area contributed by atoms with Crippen LogP contribution in [0.4, 0.5) is 0 Å². The van der Waals surface area contributed by atoms with Gasteiger partial charge in [0.25, 0.3) is 0 Å². The van der Waals surface area contributed by atoms with Crippen molar-refractivity contribution in [2.24, 2.45) is 0 Å². The Bertz CT molecular complexity index is 750. The second-order valence-corrected chi connectivity index (χ2v) is 6.89. The fourth-order valence-corrected chi connectivity index (χ4v) is 3.24. The number of aromatic amines is 1. The molecule has 0 amide bonds. The van der Waals surface area contributed by atoms with Crippen LogP contribution in [0.2, 0.25) is 0 Å². The molecule has 20 heavy (non-hydrogen) atoms. The molecule has 0 radical (unpaired) electrons. The maximum absolute atomic E-state index is 12.1. The largest absolute Gasteiger partial charge is 0.469 e. The summed E-state index contributed by atoms with van der Waals surface area (Å²) in [6.45, 7) is -0.672. The van der Waals surface area contributed by atoms with Crippen molar-refractivity contribution in [2.45, 2.75) is 4.90 Å². The maximum atomic E-state index is 12.1. The molecule has 1 aromatic carbocycles. The second kappa shape index (κ2) is 5.65. The van der Waals surface area contributed by atoms with E-state index in [-0.39, 0.29) is 11.4 Å². The highest BCUT2D eigenvalue weighted by Crippen LogP contribution is 2.35. The lowest BCUT2D eigenvalue weighted by molar-refractivity contribution is 0.200. The molecule has 4 N–H and O–H groups in total. The Morgan fingerprint density at radius 2 is 2.05 bits per heavy atom. The van der Waals surface area contributed by atoms with Gasteiger partial charge in [0, 0.05) is 18.1 Å². The lowest BCUT2D eigenvalue weighted by atomic mass is 10.2. The molecular weight excluding hydrogens is 307 g/mol. The highest BCUT2D eigenvalue weighted by Gasteiger charge is 2.18. The molecule has 0 aliphatic heterocycles. The average molecular weight is 320 g/mol. The SMILES string of the molecule is O=P(O)(O)OCCNS(=O)(=O)c1cccc2cc[nH]c12. The molecule has 8 nitrogen and oxygen atoms in total. The van der Waals surface area contributed by atoms with E-state index in [2.05, 4.69) is 14.2 Å². The Hall–Kier alpha value is -1.22. The molecule has 2 rings (SSSR count). The molecule has 2 aromatic rings. The van der Waals surface area contributed by atoms with Crippen LogP contribution in [0.25, 0.3) is 10.9 Å². The second-order valence-electron chi connectivity index (χ2n) is 3.92. The van der Waals surface area contributed by atoms with Gasteiger partial charge in [-0.15, -0.1) is 0 Å². The summed E-state index contributed by atoms with van der Waals surface area (Å²) in [6, 6.07) is 6.55. The minimum Gasteiger partial charge on any atom is -0.360 e. The van der Waals surface area contributed by atoms with Crippen LogP contribution in [0.3, 0.4) is 0 Å². The van der Waals surface area contributed by atoms with Crippen LogP contribution in [-0.4, -0.2) is 36.3 Å². The van der Waals surface area contributed by atoms with E-state index in [4.69, 9.17) is 9.79 Å². The number of hydrogen-bond acceptors (Lipinski definition) is 4. The van der Waals surface area contributed by atoms with Gasteiger partial charge in [-0.3, -0.25) is 4.52 Å². The predicted octanol–water partition coefficient (Wildman–Crippen LogP) is 0.555. The lowest BCUT2D eigenvalue weighted by Gasteiger charge is -2.08. The molecule has 0 saturated carbocycles. The fraction of sp³-hybridized carbons (Fsp3) is 0.200. The highest BCUT2D eigenvalue weighted by atomic mass is 32.2. The first-order valence-electron chi connectivity index (χ1n) is 5.55. The standard InChI is InChI=1S/C10H13N2O6PS/c13-19(14,15)18-7-6-12-20(16,17)9-3-1-2-8-4-5-11-10(8)9/h1-5,11-12H,6-7H2,(H2,13,14,15). The molecule has 0 saturated heterocycles. The summed E-state index contributed by atoms with van der Waals surface area (Å²) in [5, 5.41) is 0.749. The van der Waals surface area contributed by atoms with E-state index in [9.17, 15) is 13.0 Å². The molecule has 0 unspecified atom stereocenters. The number of rotatable bonds is 6. The molecule has 10 heteroatoms. The van der Waals surface area contributed by atoms with Gasteiger partial charge in [-0.05, 0) is 12.1 Å². The van der Waals surface area contributed by atoms with Crippen molar-refractivity contribution in [1.82, 2.24) is 9.71 Å². The summed E-state index contributed by atoms with van der Waals surface area (Å²) in [5.74, 6) is 0. The van der Waals surface area contributed by atoms with Crippen molar-refractivity contribution >= 4 is 28.7 Å². The minimum atomic E-state index is -4.59. The van der Waals surface area contributed by atoms with E-state index in [1.165, 1.54) is 6.07 Å². The highest BCUT2D eigenvalue weighted by molar-refractivity contribution is 7.89. The molecule has 110 valence electrons. The van der Waals surface area contributed by atoms with Crippen LogP contribution in [0.15, 0.2) is 35.4 Å². The monoisotopic (exact) mass is 320 g/mol. The lowest BCUT2D eigenvalue weighted by Crippen LogP contribution is -2.27. The molecule has 0 aliphatic rings. The normalized spacial score (nSPS) is 12.9. The first-order chi connectivity index (χ1) is 9.30. The van der Waals surface area contributed by atoms with Crippen LogP contribution in [0, 0.1) is 0 Å². The number of aromatic nitrogens is 1. The Morgan fingerprint density at radius 3 is 2.75 bits per heavy atom. The molecule has 1 heterocycles. The summed E-state index contributed by atoms with van der Waals surface area (Å²) in [4.78, 5) is 19.9. The first-order valence-corrected chi connectivity index (χ1v) is 8.57. The van der Waals surface area contributed by atoms with Gasteiger partial charge in [0.15, 0.2) is 0 Å². The van der Waals surface area contributed by atoms with Gasteiger partial charge < -0.3 is 14.8 Å². The number of phosphoric ester groups is 1. The zero-order chi connectivity index (χ0) is 14.8. The Labute approximate surface area is 115 Å². The zero-order valence-corrected chi connectivity index (χ0v) is 11.9. The summed E-state index contributed by atoms with van der Waals surface area (Å²) in [6.07, 6.45) is 1.63. The molecule has 1 aromatic heterocycles. The predicted molar refractivity (Wildman–Crippen MR) is 71.5 cm³/mol. The Morgan fingerprint density at radius 1 is 1.30 bits per heavy atom. The number of nitrogens with one attached hydrogen (secondary N) is 2. The van der Waals surface area contributed by atoms with E-state index < -0.39 is 24.5 Å². The molecule has 0 aliphatic carbocycles. The van der Waals surface area contributed by atoms with E-state index in [1.54, 1.807) is 24.4 Å². The van der Waals surface area contributed by atoms with Crippen LogP contribution >= 0.6 is 7.82 Å². The van der Waals surface area contributed by atoms with Crippen LogP contribution in [0.1, 0.15) is 0 Å². The Kier molecular flexibility index (Phi) is 4.28. The van der Waals surface area contributed by atoms with Crippen molar-refractivity contribution < 1.29 is 27.3 Å². The van der Waals surface area contributed by atoms with Crippen molar-refractivity contribution in [2.75, 3.05) is 13.2 Å². The van der Waals surface area contributed by atoms with Crippen molar-refractivity contribution in [3.63, 3.8) is 0 Å². The van der Waals surface area contributed by atoms with Crippen molar-refractivity contribution in [1.29, 1.82) is 0 Å². The molecule has 0 atom stereocenters. The minimum absolute atomic E-state index is 0.0659. The number of phosphoric acid groups is 1. The van der Waals surface area contributed by atoms with Gasteiger partial charge in [-0.2, -0.15) is 0 Å². The first kappa shape index (κ1) is 15.2. The number of sulfonamides is 1. The van der Waals surface area contributed by atoms with Crippen LogP contribution in [-0.2, 0) is 19.1 Å². The van der Waals surface area contributed by atoms with Gasteiger partial charge in [0.05, 0.1) is 12.1 Å². The van der Waals surface area contributed by atoms with Gasteiger partial charge in [-0.25, -0.2) is 17.7 Å². The summed E-state index contributed by atoms with van der Waals surface area (Å²) >= 11 is 0. The molecule has 0 spiro atoms. The van der Waals surface area contributed by atoms with Gasteiger partial charge >= 0.3 is 7.82 Å². The van der Waals surface area contributed by atoms with Crippen LogP contribution < -0.4 is 4.72 Å². The Balaban J connectivity index is 2.11. The third-order valence-electron chi connectivity index (χ3n) is 2.49. The van der Waals surface area contributed by atoms with Crippen LogP contribution in [0.5, 0.6) is 0 Å². The van der Waals surface area contributed by atoms with E-state index in [0.29, 0.717) is 5.52 Å². The third-order valence-corrected chi connectivity index (χ3v) is 4.51. The number of benzene rings is 1. The summed E-state index contributed by atoms with van der Waals surface area (Å²) < 4.78 is 41.0. The van der Waals surface area contributed by atoms with Crippen molar-refractivity contribution in [3.8, 4) is 0 Å². The average Bonchev–Trinajstić information content (AvgIpc) is 2.81. The third kappa shape index (κ3) is 3.66. The van der Waals surface area contributed by atoms with Gasteiger partial charge in [-0.1, -0.05) is 12.1 Å². The number of fused-ring (bicyclic) bond motifs is 1. The molecule has 0 bridgehead atoms. The quantitative estimate of drug-likeness (QED) is 0.454. The van der Waals surface area contributed by atoms with E-state index in [0.717, 1.165) is 5.39 Å². The smallest absolute Gasteiger partial charge is 0.360 e. The van der Waals surface area contributed by atoms with Crippen molar-refractivity contribution in [3.05, 3.63) is 30.5 Å². The molecule has 0 fully saturated rings. The van der Waals surface area contributed by atoms with Gasteiger partial charge in [0.1, 0.15) is 4.90 Å². The zero-order valence-electron chi connectivity index (χ0n) is 10.2.